The lowest BCUT2D eigenvalue weighted by Gasteiger charge is -2.08. The van der Waals surface area contributed by atoms with Crippen molar-refractivity contribution in [3.05, 3.63) is 82.2 Å². The number of ether oxygens (including phenoxy) is 1. The molecule has 1 N–H and O–H groups in total. The lowest BCUT2D eigenvalue weighted by Crippen LogP contribution is -2.23. The summed E-state index contributed by atoms with van der Waals surface area (Å²) in [5.41, 5.74) is 1.21. The van der Waals surface area contributed by atoms with Crippen molar-refractivity contribution in [1.82, 2.24) is 15.3 Å². The molecule has 0 radical (unpaired) electrons. The number of carbonyl (C=O) groups excluding carboxylic acids is 1. The predicted molar refractivity (Wildman–Crippen MR) is 96.2 cm³/mol. The van der Waals surface area contributed by atoms with Gasteiger partial charge in [-0.3, -0.25) is 9.78 Å². The molecular weight excluding hydrogens is 361 g/mol. The number of rotatable bonds is 5. The van der Waals surface area contributed by atoms with Gasteiger partial charge in [0.05, 0.1) is 5.56 Å². The molecule has 0 aliphatic carbocycles. The lowest BCUT2D eigenvalue weighted by atomic mass is 10.2. The van der Waals surface area contributed by atoms with Crippen molar-refractivity contribution in [2.45, 2.75) is 6.54 Å². The first-order valence-electron chi connectivity index (χ1n) is 7.38. The van der Waals surface area contributed by atoms with E-state index >= 15 is 0 Å². The lowest BCUT2D eigenvalue weighted by molar-refractivity contribution is 0.0950. The molecule has 1 amide bonds. The van der Waals surface area contributed by atoms with E-state index in [1.165, 1.54) is 6.20 Å². The summed E-state index contributed by atoms with van der Waals surface area (Å²) in [6, 6.07) is 11.8. The maximum absolute atomic E-state index is 12.2. The molecule has 7 heteroatoms. The first-order valence-corrected chi connectivity index (χ1v) is 8.13. The van der Waals surface area contributed by atoms with Gasteiger partial charge in [-0.05, 0) is 35.9 Å². The van der Waals surface area contributed by atoms with Gasteiger partial charge in [-0.1, -0.05) is 29.3 Å². The van der Waals surface area contributed by atoms with E-state index in [-0.39, 0.29) is 5.91 Å². The average Bonchev–Trinajstić information content (AvgIpc) is 2.62. The zero-order valence-corrected chi connectivity index (χ0v) is 14.5. The summed E-state index contributed by atoms with van der Waals surface area (Å²) in [7, 11) is 0. The number of nitrogens with zero attached hydrogens (tertiary/aromatic N) is 2. The Kier molecular flexibility index (Phi) is 5.48. The van der Waals surface area contributed by atoms with Crippen LogP contribution in [0.25, 0.3) is 0 Å². The molecule has 25 heavy (non-hydrogen) atoms. The van der Waals surface area contributed by atoms with Crippen molar-refractivity contribution < 1.29 is 9.53 Å². The van der Waals surface area contributed by atoms with E-state index in [2.05, 4.69) is 15.3 Å². The smallest absolute Gasteiger partial charge is 0.253 e. The molecule has 0 spiro atoms. The SMILES string of the molecule is O=C(NCc1ccc(Cl)cc1Cl)c1ccc(Oc2ccncc2)nc1. The van der Waals surface area contributed by atoms with Crippen molar-refractivity contribution in [1.29, 1.82) is 0 Å². The molecular formula is C18H13Cl2N3O2. The fraction of sp³-hybridized carbons (Fsp3) is 0.0556. The van der Waals surface area contributed by atoms with Gasteiger partial charge >= 0.3 is 0 Å². The van der Waals surface area contributed by atoms with Crippen molar-refractivity contribution in [2.75, 3.05) is 0 Å². The molecule has 5 nitrogen and oxygen atoms in total. The zero-order valence-electron chi connectivity index (χ0n) is 12.9. The number of pyridine rings is 2. The second kappa shape index (κ2) is 7.96. The fourth-order valence-corrected chi connectivity index (χ4v) is 2.52. The van der Waals surface area contributed by atoms with Crippen LogP contribution in [0.1, 0.15) is 15.9 Å². The van der Waals surface area contributed by atoms with Gasteiger partial charge in [-0.15, -0.1) is 0 Å². The number of hydrogen-bond donors (Lipinski definition) is 1. The quantitative estimate of drug-likeness (QED) is 0.714. The maximum atomic E-state index is 12.2. The molecule has 0 bridgehead atoms. The van der Waals surface area contributed by atoms with E-state index in [9.17, 15) is 4.79 Å². The second-order valence-corrected chi connectivity index (χ2v) is 5.93. The van der Waals surface area contributed by atoms with Crippen LogP contribution in [-0.2, 0) is 6.54 Å². The van der Waals surface area contributed by atoms with Gasteiger partial charge in [-0.25, -0.2) is 4.98 Å². The number of nitrogens with one attached hydrogen (secondary N) is 1. The van der Waals surface area contributed by atoms with Crippen LogP contribution in [0.15, 0.2) is 61.1 Å². The molecule has 3 rings (SSSR count). The van der Waals surface area contributed by atoms with E-state index in [1.807, 2.05) is 0 Å². The van der Waals surface area contributed by atoms with E-state index in [0.717, 1.165) is 5.56 Å². The Morgan fingerprint density at radius 1 is 1.08 bits per heavy atom. The maximum Gasteiger partial charge on any atom is 0.253 e. The summed E-state index contributed by atoms with van der Waals surface area (Å²) in [5, 5.41) is 3.85. The topological polar surface area (TPSA) is 64.1 Å². The molecule has 0 aliphatic heterocycles. The summed E-state index contributed by atoms with van der Waals surface area (Å²) in [6.07, 6.45) is 4.70. The summed E-state index contributed by atoms with van der Waals surface area (Å²) in [6.45, 7) is 0.296. The van der Waals surface area contributed by atoms with Gasteiger partial charge in [-0.2, -0.15) is 0 Å². The largest absolute Gasteiger partial charge is 0.439 e. The van der Waals surface area contributed by atoms with Crippen molar-refractivity contribution >= 4 is 29.1 Å². The van der Waals surface area contributed by atoms with E-state index in [4.69, 9.17) is 27.9 Å². The van der Waals surface area contributed by atoms with E-state index in [0.29, 0.717) is 33.8 Å². The highest BCUT2D eigenvalue weighted by atomic mass is 35.5. The van der Waals surface area contributed by atoms with Crippen LogP contribution < -0.4 is 10.1 Å². The molecule has 2 aromatic heterocycles. The average molecular weight is 374 g/mol. The first kappa shape index (κ1) is 17.2. The van der Waals surface area contributed by atoms with E-state index < -0.39 is 0 Å². The molecule has 1 aromatic carbocycles. The minimum atomic E-state index is -0.256. The van der Waals surface area contributed by atoms with Gasteiger partial charge in [0.2, 0.25) is 5.88 Å². The van der Waals surface area contributed by atoms with Gasteiger partial charge in [0.25, 0.3) is 5.91 Å². The Balaban J connectivity index is 1.60. The molecule has 0 fully saturated rings. The number of halogens is 2. The number of hydrogen-bond acceptors (Lipinski definition) is 4. The second-order valence-electron chi connectivity index (χ2n) is 5.09. The summed E-state index contributed by atoms with van der Waals surface area (Å²) in [5.74, 6) is 0.759. The molecule has 0 saturated carbocycles. The zero-order chi connectivity index (χ0) is 17.6. The third-order valence-corrected chi connectivity index (χ3v) is 3.91. The molecule has 0 aliphatic rings. The minimum absolute atomic E-state index is 0.256. The summed E-state index contributed by atoms with van der Waals surface area (Å²) in [4.78, 5) is 20.2. The van der Waals surface area contributed by atoms with E-state index in [1.54, 1.807) is 54.9 Å². The Morgan fingerprint density at radius 2 is 1.88 bits per heavy atom. The summed E-state index contributed by atoms with van der Waals surface area (Å²) >= 11 is 11.9. The van der Waals surface area contributed by atoms with Gasteiger partial charge < -0.3 is 10.1 Å². The standard InChI is InChI=1S/C18H13Cl2N3O2/c19-14-3-1-12(16(20)9-14)10-23-18(24)13-2-4-17(22-11-13)25-15-5-7-21-8-6-15/h1-9,11H,10H2,(H,23,24). The summed E-state index contributed by atoms with van der Waals surface area (Å²) < 4.78 is 5.56. The molecule has 3 aromatic rings. The Hall–Kier alpha value is -2.63. The van der Waals surface area contributed by atoms with Crippen molar-refractivity contribution in [2.24, 2.45) is 0 Å². The highest BCUT2D eigenvalue weighted by Crippen LogP contribution is 2.21. The van der Waals surface area contributed by atoms with Gasteiger partial charge in [0.1, 0.15) is 5.75 Å². The van der Waals surface area contributed by atoms with Crippen molar-refractivity contribution in [3.63, 3.8) is 0 Å². The normalized spacial score (nSPS) is 10.3. The highest BCUT2D eigenvalue weighted by Gasteiger charge is 2.08. The van der Waals surface area contributed by atoms with Crippen LogP contribution in [0.5, 0.6) is 11.6 Å². The molecule has 126 valence electrons. The molecule has 0 unspecified atom stereocenters. The van der Waals surface area contributed by atoms with Crippen molar-refractivity contribution in [3.8, 4) is 11.6 Å². The van der Waals surface area contributed by atoms with Gasteiger partial charge in [0, 0.05) is 41.2 Å². The van der Waals surface area contributed by atoms with Crippen LogP contribution in [0.2, 0.25) is 10.0 Å². The van der Waals surface area contributed by atoms with Gasteiger partial charge in [0.15, 0.2) is 0 Å². The molecule has 0 atom stereocenters. The number of aromatic nitrogens is 2. The van der Waals surface area contributed by atoms with Crippen LogP contribution in [0.4, 0.5) is 0 Å². The monoisotopic (exact) mass is 373 g/mol. The molecule has 2 heterocycles. The number of carbonyl (C=O) groups is 1. The molecule has 0 saturated heterocycles. The first-order chi connectivity index (χ1) is 12.1. The third-order valence-electron chi connectivity index (χ3n) is 3.33. The number of amides is 1. The van der Waals surface area contributed by atoms with Crippen LogP contribution >= 0.6 is 23.2 Å². The fourth-order valence-electron chi connectivity index (χ4n) is 2.04. The van der Waals surface area contributed by atoms with Crippen LogP contribution in [-0.4, -0.2) is 15.9 Å². The Bertz CT molecular complexity index is 871. The third kappa shape index (κ3) is 4.68. The predicted octanol–water partition coefficient (Wildman–Crippen LogP) is 4.51. The minimum Gasteiger partial charge on any atom is -0.439 e. The Morgan fingerprint density at radius 3 is 2.56 bits per heavy atom. The number of benzene rings is 1. The van der Waals surface area contributed by atoms with Crippen LogP contribution in [0, 0.1) is 0 Å². The highest BCUT2D eigenvalue weighted by molar-refractivity contribution is 6.35. The van der Waals surface area contributed by atoms with Crippen LogP contribution in [0.3, 0.4) is 0 Å². The Labute approximate surface area is 154 Å².